The molecule has 4 heterocycles. The number of amides is 1. The maximum atomic E-state index is 13.4. The van der Waals surface area contributed by atoms with Gasteiger partial charge in [-0.3, -0.25) is 9.20 Å². The Kier molecular flexibility index (Phi) is 4.31. The Bertz CT molecular complexity index is 1500. The zero-order valence-electron chi connectivity index (χ0n) is 17.2. The van der Waals surface area contributed by atoms with Crippen LogP contribution < -0.4 is 5.32 Å². The monoisotopic (exact) mass is 421 g/mol. The second-order valence-corrected chi connectivity index (χ2v) is 7.74. The van der Waals surface area contributed by atoms with Crippen molar-refractivity contribution in [2.75, 3.05) is 0 Å². The molecule has 5 aromatic rings. The number of rotatable bonds is 4. The number of carbonyl (C=O) groups is 1. The zero-order chi connectivity index (χ0) is 21.5. The highest BCUT2D eigenvalue weighted by Crippen LogP contribution is 2.37. The molecule has 0 saturated heterocycles. The molecule has 1 N–H and O–H groups in total. The summed E-state index contributed by atoms with van der Waals surface area (Å²) in [6, 6.07) is 17.3. The number of benzene rings is 1. The van der Waals surface area contributed by atoms with Crippen molar-refractivity contribution in [3.05, 3.63) is 95.5 Å². The van der Waals surface area contributed by atoms with Gasteiger partial charge >= 0.3 is 0 Å². The summed E-state index contributed by atoms with van der Waals surface area (Å²) in [5.74, 6) is 1.33. The number of allylic oxidation sites excluding steroid dienone is 1. The molecular weight excluding hydrogens is 402 g/mol. The van der Waals surface area contributed by atoms with Gasteiger partial charge in [0.25, 0.3) is 5.91 Å². The second kappa shape index (κ2) is 7.46. The van der Waals surface area contributed by atoms with Crippen LogP contribution in [0, 0.1) is 0 Å². The number of fused-ring (bicyclic) bond motifs is 3. The van der Waals surface area contributed by atoms with Gasteiger partial charge in [-0.05, 0) is 60.4 Å². The van der Waals surface area contributed by atoms with Gasteiger partial charge < -0.3 is 9.73 Å². The van der Waals surface area contributed by atoms with Crippen LogP contribution in [0.4, 0.5) is 0 Å². The van der Waals surface area contributed by atoms with Gasteiger partial charge in [-0.15, -0.1) is 10.2 Å². The summed E-state index contributed by atoms with van der Waals surface area (Å²) in [5.41, 5.74) is 5.17. The quantitative estimate of drug-likeness (QED) is 0.468. The molecule has 1 aromatic carbocycles. The highest BCUT2D eigenvalue weighted by Gasteiger charge is 2.27. The minimum Gasteiger partial charge on any atom is -0.465 e. The Labute approximate surface area is 183 Å². The van der Waals surface area contributed by atoms with E-state index in [4.69, 9.17) is 9.40 Å². The molecule has 0 unspecified atom stereocenters. The molecule has 0 fully saturated rings. The van der Waals surface area contributed by atoms with Crippen molar-refractivity contribution in [1.82, 2.24) is 24.9 Å². The summed E-state index contributed by atoms with van der Waals surface area (Å²) in [4.78, 5) is 18.3. The predicted molar refractivity (Wildman–Crippen MR) is 121 cm³/mol. The van der Waals surface area contributed by atoms with Gasteiger partial charge in [-0.1, -0.05) is 24.3 Å². The van der Waals surface area contributed by atoms with Gasteiger partial charge in [-0.2, -0.15) is 0 Å². The van der Waals surface area contributed by atoms with Crippen LogP contribution in [-0.2, 0) is 13.0 Å². The maximum absolute atomic E-state index is 13.4. The molecule has 4 aromatic heterocycles. The number of carbonyl (C=O) groups excluding carboxylic acids is 1. The van der Waals surface area contributed by atoms with E-state index >= 15 is 0 Å². The second-order valence-electron chi connectivity index (χ2n) is 7.74. The summed E-state index contributed by atoms with van der Waals surface area (Å²) in [5, 5.41) is 12.3. The van der Waals surface area contributed by atoms with E-state index in [1.54, 1.807) is 6.26 Å². The molecule has 0 atom stereocenters. The number of aromatic nitrogens is 4. The summed E-state index contributed by atoms with van der Waals surface area (Å²) >= 11 is 0. The van der Waals surface area contributed by atoms with Crippen molar-refractivity contribution in [2.45, 2.75) is 19.4 Å². The minimum absolute atomic E-state index is 0.133. The molecule has 0 bridgehead atoms. The highest BCUT2D eigenvalue weighted by molar-refractivity contribution is 6.09. The molecule has 7 nitrogen and oxygen atoms in total. The fourth-order valence-electron chi connectivity index (χ4n) is 4.34. The Hall–Kier alpha value is -4.26. The number of para-hydroxylation sites is 1. The van der Waals surface area contributed by atoms with E-state index in [2.05, 4.69) is 15.5 Å². The molecule has 1 amide bonds. The normalized spacial score (nSPS) is 14.3. The van der Waals surface area contributed by atoms with E-state index in [9.17, 15) is 4.79 Å². The lowest BCUT2D eigenvalue weighted by molar-refractivity contribution is 0.0950. The highest BCUT2D eigenvalue weighted by atomic mass is 16.3. The smallest absolute Gasteiger partial charge is 0.252 e. The molecule has 6 rings (SSSR count). The molecular formula is C25H19N5O2. The SMILES string of the molecule is O=C(NCc1nnc2ccccn12)c1c2c(nc3ccccc13)/C(=C/c1ccco1)CC2. The minimum atomic E-state index is -0.133. The lowest BCUT2D eigenvalue weighted by Gasteiger charge is -2.12. The van der Waals surface area contributed by atoms with Gasteiger partial charge in [0.2, 0.25) is 0 Å². The zero-order valence-corrected chi connectivity index (χ0v) is 17.2. The molecule has 0 aliphatic heterocycles. The van der Waals surface area contributed by atoms with Crippen molar-refractivity contribution >= 4 is 34.1 Å². The molecule has 1 aliphatic carbocycles. The van der Waals surface area contributed by atoms with Crippen LogP contribution in [0.25, 0.3) is 28.2 Å². The van der Waals surface area contributed by atoms with Crippen LogP contribution in [0.15, 0.2) is 71.5 Å². The fourth-order valence-corrected chi connectivity index (χ4v) is 4.34. The van der Waals surface area contributed by atoms with Crippen molar-refractivity contribution < 1.29 is 9.21 Å². The van der Waals surface area contributed by atoms with E-state index in [1.807, 2.05) is 71.3 Å². The van der Waals surface area contributed by atoms with E-state index < -0.39 is 0 Å². The van der Waals surface area contributed by atoms with Gasteiger partial charge in [0, 0.05) is 11.6 Å². The Morgan fingerprint density at radius 3 is 2.88 bits per heavy atom. The van der Waals surface area contributed by atoms with Crippen LogP contribution in [0.3, 0.4) is 0 Å². The number of pyridine rings is 2. The molecule has 0 saturated carbocycles. The van der Waals surface area contributed by atoms with E-state index in [-0.39, 0.29) is 12.5 Å². The molecule has 32 heavy (non-hydrogen) atoms. The van der Waals surface area contributed by atoms with Crippen molar-refractivity contribution in [1.29, 1.82) is 0 Å². The molecule has 156 valence electrons. The van der Waals surface area contributed by atoms with E-state index in [1.165, 1.54) is 0 Å². The Balaban J connectivity index is 1.40. The van der Waals surface area contributed by atoms with E-state index in [0.29, 0.717) is 11.4 Å². The Morgan fingerprint density at radius 1 is 1.06 bits per heavy atom. The first kappa shape index (κ1) is 18.5. The number of nitrogens with zero attached hydrogens (tertiary/aromatic N) is 4. The third kappa shape index (κ3) is 3.06. The third-order valence-electron chi connectivity index (χ3n) is 5.82. The topological polar surface area (TPSA) is 85.3 Å². The van der Waals surface area contributed by atoms with Crippen LogP contribution >= 0.6 is 0 Å². The lowest BCUT2D eigenvalue weighted by Crippen LogP contribution is -2.25. The first-order valence-electron chi connectivity index (χ1n) is 10.5. The van der Waals surface area contributed by atoms with Crippen molar-refractivity contribution in [3.63, 3.8) is 0 Å². The maximum Gasteiger partial charge on any atom is 0.252 e. The number of nitrogens with one attached hydrogen (secondary N) is 1. The average molecular weight is 421 g/mol. The van der Waals surface area contributed by atoms with Crippen molar-refractivity contribution in [3.8, 4) is 0 Å². The Morgan fingerprint density at radius 2 is 1.97 bits per heavy atom. The van der Waals surface area contributed by atoms with Crippen LogP contribution in [0.1, 0.15) is 39.6 Å². The summed E-state index contributed by atoms with van der Waals surface area (Å²) in [7, 11) is 0. The summed E-state index contributed by atoms with van der Waals surface area (Å²) in [6.07, 6.45) is 7.13. The third-order valence-corrected chi connectivity index (χ3v) is 5.82. The van der Waals surface area contributed by atoms with Gasteiger partial charge in [0.1, 0.15) is 5.76 Å². The number of hydrogen-bond acceptors (Lipinski definition) is 5. The average Bonchev–Trinajstić information content (AvgIpc) is 3.57. The molecule has 0 spiro atoms. The first-order chi connectivity index (χ1) is 15.8. The van der Waals surface area contributed by atoms with Gasteiger partial charge in [-0.25, -0.2) is 4.98 Å². The largest absolute Gasteiger partial charge is 0.465 e. The standard InChI is InChI=1S/C25H19N5O2/c31-25(26-15-22-29-28-21-9-3-4-12-30(21)22)23-18-7-1-2-8-20(18)27-24-16(10-11-19(23)24)14-17-6-5-13-32-17/h1-9,12-14H,10-11,15H2,(H,26,31)/b16-14+. The first-order valence-corrected chi connectivity index (χ1v) is 10.5. The van der Waals surface area contributed by atoms with Gasteiger partial charge in [0.05, 0.1) is 29.6 Å². The molecule has 1 aliphatic rings. The molecule has 7 heteroatoms. The predicted octanol–water partition coefficient (Wildman–Crippen LogP) is 4.29. The summed E-state index contributed by atoms with van der Waals surface area (Å²) < 4.78 is 7.37. The summed E-state index contributed by atoms with van der Waals surface area (Å²) in [6.45, 7) is 0.282. The number of hydrogen-bond donors (Lipinski definition) is 1. The molecule has 0 radical (unpaired) electrons. The fraction of sp³-hybridized carbons (Fsp3) is 0.120. The number of furan rings is 1. The van der Waals surface area contributed by atoms with Crippen LogP contribution in [0.2, 0.25) is 0 Å². The van der Waals surface area contributed by atoms with Crippen molar-refractivity contribution in [2.24, 2.45) is 0 Å². The van der Waals surface area contributed by atoms with Gasteiger partial charge in [0.15, 0.2) is 11.5 Å². The van der Waals surface area contributed by atoms with Crippen LogP contribution in [-0.4, -0.2) is 25.5 Å². The van der Waals surface area contributed by atoms with Crippen LogP contribution in [0.5, 0.6) is 0 Å². The van der Waals surface area contributed by atoms with E-state index in [0.717, 1.165) is 52.0 Å². The lowest BCUT2D eigenvalue weighted by atomic mass is 10.00.